The van der Waals surface area contributed by atoms with Crippen molar-refractivity contribution < 1.29 is 0 Å². The van der Waals surface area contributed by atoms with Crippen LogP contribution in [0.2, 0.25) is 0 Å². The van der Waals surface area contributed by atoms with Crippen molar-refractivity contribution in [1.82, 2.24) is 5.32 Å². The minimum absolute atomic E-state index is 0.336. The molecular formula is C9H21NS. The molecule has 2 heteroatoms. The molecule has 1 aliphatic heterocycles. The Labute approximate surface area is 72.3 Å². The lowest BCUT2D eigenvalue weighted by Crippen LogP contribution is -2.31. The second kappa shape index (κ2) is 2.67. The molecule has 0 radical (unpaired) electrons. The predicted octanol–water partition coefficient (Wildman–Crippen LogP) is 1.82. The highest BCUT2D eigenvalue weighted by Gasteiger charge is 2.34. The van der Waals surface area contributed by atoms with Crippen LogP contribution in [0, 0.1) is 0 Å². The average molecular weight is 175 g/mol. The van der Waals surface area contributed by atoms with Gasteiger partial charge in [0, 0.05) is 17.3 Å². The molecule has 0 bridgehead atoms. The minimum atomic E-state index is -0.336. The van der Waals surface area contributed by atoms with Crippen LogP contribution in [0.15, 0.2) is 0 Å². The molecule has 1 unspecified atom stereocenters. The number of nitrogens with one attached hydrogen (secondary N) is 1. The highest BCUT2D eigenvalue weighted by Crippen LogP contribution is 2.46. The Morgan fingerprint density at radius 1 is 1.27 bits per heavy atom. The van der Waals surface area contributed by atoms with Gasteiger partial charge in [-0.3, -0.25) is 0 Å². The molecule has 1 nitrogen and oxygen atoms in total. The first-order chi connectivity index (χ1) is 4.81. The Hall–Kier alpha value is 0.310. The molecule has 1 saturated heterocycles. The maximum absolute atomic E-state index is 3.57. The van der Waals surface area contributed by atoms with Crippen LogP contribution in [0.3, 0.4) is 0 Å². The molecule has 0 aromatic carbocycles. The van der Waals surface area contributed by atoms with E-state index in [0.29, 0.717) is 5.54 Å². The molecule has 11 heavy (non-hydrogen) atoms. The Balaban J connectivity index is 2.55. The fourth-order valence-electron chi connectivity index (χ4n) is 1.60. The Morgan fingerprint density at radius 3 is 2.00 bits per heavy atom. The third kappa shape index (κ3) is 2.38. The summed E-state index contributed by atoms with van der Waals surface area (Å²) in [7, 11) is -0.336. The van der Waals surface area contributed by atoms with E-state index < -0.39 is 0 Å². The van der Waals surface area contributed by atoms with Crippen LogP contribution in [-0.4, -0.2) is 36.1 Å². The van der Waals surface area contributed by atoms with E-state index in [-0.39, 0.29) is 10.0 Å². The van der Waals surface area contributed by atoms with Gasteiger partial charge in [-0.2, -0.15) is 0 Å². The predicted molar refractivity (Wildman–Crippen MR) is 55.8 cm³/mol. The highest BCUT2D eigenvalue weighted by atomic mass is 32.3. The van der Waals surface area contributed by atoms with Crippen molar-refractivity contribution in [3.8, 4) is 0 Å². The van der Waals surface area contributed by atoms with Gasteiger partial charge in [0.05, 0.1) is 0 Å². The molecule has 1 N–H and O–H groups in total. The quantitative estimate of drug-likeness (QED) is 0.641. The molecule has 1 heterocycles. The SMILES string of the molecule is CC1(C)CC(S(C)(C)C)CN1. The first-order valence-corrected chi connectivity index (χ1v) is 7.15. The van der Waals surface area contributed by atoms with Crippen molar-refractivity contribution in [3.63, 3.8) is 0 Å². The van der Waals surface area contributed by atoms with Crippen LogP contribution in [-0.2, 0) is 0 Å². The molecule has 1 atom stereocenters. The normalized spacial score (nSPS) is 32.3. The third-order valence-electron chi connectivity index (χ3n) is 2.55. The molecule has 0 aliphatic carbocycles. The lowest BCUT2D eigenvalue weighted by atomic mass is 10.0. The van der Waals surface area contributed by atoms with Gasteiger partial charge in [0.1, 0.15) is 0 Å². The van der Waals surface area contributed by atoms with Crippen molar-refractivity contribution in [3.05, 3.63) is 0 Å². The van der Waals surface area contributed by atoms with Crippen LogP contribution >= 0.6 is 10.0 Å². The standard InChI is InChI=1S/C9H21NS/c1-9(2)6-8(7-10-9)11(3,4)5/h8,10H,6-7H2,1-5H3. The number of hydrogen-bond donors (Lipinski definition) is 1. The third-order valence-corrected chi connectivity index (χ3v) is 4.88. The van der Waals surface area contributed by atoms with Crippen LogP contribution in [0.25, 0.3) is 0 Å². The summed E-state index contributed by atoms with van der Waals surface area (Å²) in [5.41, 5.74) is 0.394. The molecule has 1 aliphatic rings. The van der Waals surface area contributed by atoms with E-state index in [9.17, 15) is 0 Å². The molecule has 1 fully saturated rings. The minimum Gasteiger partial charge on any atom is -0.311 e. The molecule has 0 amide bonds. The van der Waals surface area contributed by atoms with Gasteiger partial charge in [0.2, 0.25) is 0 Å². The van der Waals surface area contributed by atoms with Crippen LogP contribution in [0.4, 0.5) is 0 Å². The van der Waals surface area contributed by atoms with Gasteiger partial charge < -0.3 is 5.32 Å². The molecule has 0 aromatic rings. The Bertz CT molecular complexity index is 146. The summed E-state index contributed by atoms with van der Waals surface area (Å²) >= 11 is 0. The van der Waals surface area contributed by atoms with Gasteiger partial charge >= 0.3 is 0 Å². The second-order valence-corrected chi connectivity index (χ2v) is 9.55. The molecule has 68 valence electrons. The smallest absolute Gasteiger partial charge is 0.0136 e. The van der Waals surface area contributed by atoms with E-state index in [4.69, 9.17) is 0 Å². The zero-order valence-corrected chi connectivity index (χ0v) is 9.22. The summed E-state index contributed by atoms with van der Waals surface area (Å²) in [6.45, 7) is 5.84. The summed E-state index contributed by atoms with van der Waals surface area (Å²) in [6.07, 6.45) is 8.61. The first kappa shape index (κ1) is 9.40. The summed E-state index contributed by atoms with van der Waals surface area (Å²) < 4.78 is 0. The Morgan fingerprint density at radius 2 is 1.82 bits per heavy atom. The molecule has 1 rings (SSSR count). The van der Waals surface area contributed by atoms with Crippen molar-refractivity contribution in [2.75, 3.05) is 25.3 Å². The van der Waals surface area contributed by atoms with Crippen LogP contribution in [0.5, 0.6) is 0 Å². The first-order valence-electron chi connectivity index (χ1n) is 4.23. The lowest BCUT2D eigenvalue weighted by molar-refractivity contribution is 0.461. The monoisotopic (exact) mass is 175 g/mol. The summed E-state index contributed by atoms with van der Waals surface area (Å²) in [5.74, 6) is 0. The Kier molecular flexibility index (Phi) is 2.28. The molecule has 0 saturated carbocycles. The summed E-state index contributed by atoms with van der Waals surface area (Å²) in [6, 6.07) is 0. The van der Waals surface area contributed by atoms with Gasteiger partial charge in [-0.25, -0.2) is 10.0 Å². The van der Waals surface area contributed by atoms with Crippen LogP contribution < -0.4 is 5.32 Å². The fourth-order valence-corrected chi connectivity index (χ4v) is 3.10. The van der Waals surface area contributed by atoms with E-state index >= 15 is 0 Å². The maximum atomic E-state index is 3.57. The average Bonchev–Trinajstić information content (AvgIpc) is 2.07. The number of hydrogen-bond acceptors (Lipinski definition) is 1. The van der Waals surface area contributed by atoms with E-state index in [2.05, 4.69) is 37.9 Å². The van der Waals surface area contributed by atoms with Crippen molar-refractivity contribution in [2.24, 2.45) is 0 Å². The molecule has 0 aromatic heterocycles. The topological polar surface area (TPSA) is 12.0 Å². The molecule has 0 spiro atoms. The van der Waals surface area contributed by atoms with Gasteiger partial charge in [0.25, 0.3) is 0 Å². The van der Waals surface area contributed by atoms with Gasteiger partial charge in [-0.15, -0.1) is 0 Å². The van der Waals surface area contributed by atoms with E-state index in [1.807, 2.05) is 0 Å². The second-order valence-electron chi connectivity index (χ2n) is 5.02. The summed E-state index contributed by atoms with van der Waals surface area (Å²) in [4.78, 5) is 0. The largest absolute Gasteiger partial charge is 0.311 e. The zero-order chi connectivity index (χ0) is 8.70. The number of rotatable bonds is 1. The van der Waals surface area contributed by atoms with E-state index in [0.717, 1.165) is 5.25 Å². The highest BCUT2D eigenvalue weighted by molar-refractivity contribution is 8.32. The fraction of sp³-hybridized carbons (Fsp3) is 1.00. The maximum Gasteiger partial charge on any atom is 0.0136 e. The van der Waals surface area contributed by atoms with Crippen molar-refractivity contribution >= 4 is 10.0 Å². The van der Waals surface area contributed by atoms with E-state index in [1.54, 1.807) is 0 Å². The lowest BCUT2D eigenvalue weighted by Gasteiger charge is -2.33. The van der Waals surface area contributed by atoms with Crippen molar-refractivity contribution in [1.29, 1.82) is 0 Å². The van der Waals surface area contributed by atoms with Gasteiger partial charge in [0.15, 0.2) is 0 Å². The summed E-state index contributed by atoms with van der Waals surface area (Å²) in [5, 5.41) is 4.50. The van der Waals surface area contributed by atoms with Crippen molar-refractivity contribution in [2.45, 2.75) is 31.1 Å². The molecular weight excluding hydrogens is 154 g/mol. The van der Waals surface area contributed by atoms with Crippen LogP contribution in [0.1, 0.15) is 20.3 Å². The zero-order valence-electron chi connectivity index (χ0n) is 8.40. The van der Waals surface area contributed by atoms with Gasteiger partial charge in [-0.1, -0.05) is 0 Å². The van der Waals surface area contributed by atoms with E-state index in [1.165, 1.54) is 13.0 Å². The van der Waals surface area contributed by atoms with Gasteiger partial charge in [-0.05, 0) is 39.0 Å².